The molecule has 3 N–H and O–H groups in total. The summed E-state index contributed by atoms with van der Waals surface area (Å²) in [5.74, 6) is -3.81. The monoisotopic (exact) mass is 343 g/mol. The third kappa shape index (κ3) is 4.14. The number of carbonyl (C=O) groups excluding carboxylic acids is 1. The summed E-state index contributed by atoms with van der Waals surface area (Å²) in [6, 6.07) is 7.13. The average Bonchev–Trinajstić information content (AvgIpc) is 2.87. The van der Waals surface area contributed by atoms with Crippen molar-refractivity contribution in [2.24, 2.45) is 11.7 Å². The lowest BCUT2D eigenvalue weighted by molar-refractivity contribution is -0.152. The van der Waals surface area contributed by atoms with Gasteiger partial charge in [0.05, 0.1) is 5.92 Å². The zero-order chi connectivity index (χ0) is 17.9. The topological polar surface area (TPSA) is 89.6 Å². The van der Waals surface area contributed by atoms with Crippen molar-refractivity contribution in [2.75, 3.05) is 0 Å². The Hall–Kier alpha value is -2.35. The van der Waals surface area contributed by atoms with E-state index in [9.17, 15) is 22.8 Å². The molecule has 130 valence electrons. The number of halogens is 3. The molecule has 5 nitrogen and oxygen atoms in total. The van der Waals surface area contributed by atoms with Crippen LogP contribution in [0, 0.1) is 5.92 Å². The van der Waals surface area contributed by atoms with E-state index < -0.39 is 47.6 Å². The van der Waals surface area contributed by atoms with Gasteiger partial charge in [-0.05, 0) is 24.0 Å². The second-order valence-corrected chi connectivity index (χ2v) is 5.54. The normalized spacial score (nSPS) is 23.0. The van der Waals surface area contributed by atoms with Gasteiger partial charge in [0.2, 0.25) is 0 Å². The molecule has 2 rings (SSSR count). The number of ether oxygens (including phenoxy) is 1. The van der Waals surface area contributed by atoms with Crippen LogP contribution in [0.2, 0.25) is 0 Å². The number of hydrogen-bond donors (Lipinski definition) is 2. The first-order chi connectivity index (χ1) is 11.2. The molecule has 1 aromatic rings. The Morgan fingerprint density at radius 3 is 2.38 bits per heavy atom. The molecule has 1 saturated carbocycles. The molecule has 1 aliphatic carbocycles. The Bertz CT molecular complexity index is 655. The highest BCUT2D eigenvalue weighted by Gasteiger charge is 2.46. The maximum atomic E-state index is 13.3. The lowest BCUT2D eigenvalue weighted by atomic mass is 10.0. The molecular weight excluding hydrogens is 327 g/mol. The van der Waals surface area contributed by atoms with Gasteiger partial charge in [0, 0.05) is 6.04 Å². The molecule has 1 aliphatic rings. The van der Waals surface area contributed by atoms with E-state index in [1.165, 1.54) is 0 Å². The van der Waals surface area contributed by atoms with Gasteiger partial charge in [0.15, 0.2) is 0 Å². The smallest absolute Gasteiger partial charge is 0.423 e. The quantitative estimate of drug-likeness (QED) is 0.647. The molecule has 0 radical (unpaired) electrons. The summed E-state index contributed by atoms with van der Waals surface area (Å²) in [5, 5.41) is 8.95. The van der Waals surface area contributed by atoms with Crippen molar-refractivity contribution in [3.05, 3.63) is 47.0 Å². The van der Waals surface area contributed by atoms with Crippen LogP contribution in [0.4, 0.5) is 13.2 Å². The fourth-order valence-electron chi connectivity index (χ4n) is 2.65. The summed E-state index contributed by atoms with van der Waals surface area (Å²) < 4.78 is 44.6. The molecule has 0 bridgehead atoms. The Morgan fingerprint density at radius 2 is 1.88 bits per heavy atom. The summed E-state index contributed by atoms with van der Waals surface area (Å²) in [5.41, 5.74) is 4.26. The number of carboxylic acids is 1. The van der Waals surface area contributed by atoms with Crippen molar-refractivity contribution >= 4 is 11.9 Å². The number of carboxylic acid groups (broad SMARTS) is 1. The summed E-state index contributed by atoms with van der Waals surface area (Å²) >= 11 is 0. The molecule has 0 saturated heterocycles. The van der Waals surface area contributed by atoms with E-state index in [0.29, 0.717) is 5.56 Å². The van der Waals surface area contributed by atoms with Crippen LogP contribution in [0.3, 0.4) is 0 Å². The van der Waals surface area contributed by atoms with Gasteiger partial charge in [-0.2, -0.15) is 13.2 Å². The lowest BCUT2D eigenvalue weighted by Crippen LogP contribution is -2.29. The number of rotatable bonds is 4. The van der Waals surface area contributed by atoms with Crippen molar-refractivity contribution in [1.29, 1.82) is 0 Å². The summed E-state index contributed by atoms with van der Waals surface area (Å²) in [4.78, 5) is 22.9. The standard InChI is InChI=1S/C16H16F3NO4/c17-16(18,19)13(11-6-10(14(21)22)7-12(11)20)15(23)24-8-9-4-2-1-3-5-9/h1-5,10,12H,6-8,20H2,(H,21,22)/b13-11+/t10-,12-/m0/s1. The predicted octanol–water partition coefficient (Wildman–Crippen LogP) is 2.41. The van der Waals surface area contributed by atoms with E-state index in [4.69, 9.17) is 15.6 Å². The number of aliphatic carboxylic acids is 1. The number of benzene rings is 1. The third-order valence-electron chi connectivity index (χ3n) is 3.82. The van der Waals surface area contributed by atoms with Crippen LogP contribution in [-0.4, -0.2) is 29.3 Å². The Balaban J connectivity index is 2.24. The number of nitrogens with two attached hydrogens (primary N) is 1. The number of hydrogen-bond acceptors (Lipinski definition) is 4. The summed E-state index contributed by atoms with van der Waals surface area (Å²) in [7, 11) is 0. The van der Waals surface area contributed by atoms with Crippen molar-refractivity contribution in [2.45, 2.75) is 31.7 Å². The maximum absolute atomic E-state index is 13.3. The SMILES string of the molecule is N[C@H]1C[C@@H](C(=O)O)C/C1=C(/C(=O)OCc1ccccc1)C(F)(F)F. The van der Waals surface area contributed by atoms with Crippen molar-refractivity contribution in [3.63, 3.8) is 0 Å². The van der Waals surface area contributed by atoms with Gasteiger partial charge in [0.25, 0.3) is 0 Å². The second kappa shape index (κ2) is 7.04. The van der Waals surface area contributed by atoms with E-state index in [1.54, 1.807) is 30.3 Å². The van der Waals surface area contributed by atoms with Crippen LogP contribution in [-0.2, 0) is 20.9 Å². The highest BCUT2D eigenvalue weighted by Crippen LogP contribution is 2.38. The molecule has 0 spiro atoms. The zero-order valence-corrected chi connectivity index (χ0v) is 12.5. The van der Waals surface area contributed by atoms with Gasteiger partial charge in [-0.3, -0.25) is 4.79 Å². The minimum absolute atomic E-state index is 0.143. The van der Waals surface area contributed by atoms with Crippen molar-refractivity contribution in [1.82, 2.24) is 0 Å². The Labute approximate surface area is 135 Å². The fourth-order valence-corrected chi connectivity index (χ4v) is 2.65. The minimum Gasteiger partial charge on any atom is -0.481 e. The predicted molar refractivity (Wildman–Crippen MR) is 77.7 cm³/mol. The molecule has 24 heavy (non-hydrogen) atoms. The van der Waals surface area contributed by atoms with Gasteiger partial charge in [-0.15, -0.1) is 0 Å². The van der Waals surface area contributed by atoms with E-state index >= 15 is 0 Å². The van der Waals surface area contributed by atoms with Gasteiger partial charge in [-0.1, -0.05) is 30.3 Å². The highest BCUT2D eigenvalue weighted by atomic mass is 19.4. The molecule has 2 atom stereocenters. The van der Waals surface area contributed by atoms with E-state index in [1.807, 2.05) is 0 Å². The molecule has 0 aliphatic heterocycles. The molecule has 0 heterocycles. The van der Waals surface area contributed by atoms with E-state index in [2.05, 4.69) is 0 Å². The maximum Gasteiger partial charge on any atom is 0.423 e. The first kappa shape index (κ1) is 18.0. The van der Waals surface area contributed by atoms with Crippen LogP contribution in [0.25, 0.3) is 0 Å². The van der Waals surface area contributed by atoms with E-state index in [0.717, 1.165) is 0 Å². The first-order valence-corrected chi connectivity index (χ1v) is 7.19. The third-order valence-corrected chi connectivity index (χ3v) is 3.82. The number of carbonyl (C=O) groups is 2. The lowest BCUT2D eigenvalue weighted by Gasteiger charge is -2.16. The molecule has 1 aromatic carbocycles. The van der Waals surface area contributed by atoms with Crippen LogP contribution in [0.15, 0.2) is 41.5 Å². The summed E-state index contributed by atoms with van der Waals surface area (Å²) in [6.45, 7) is -0.315. The van der Waals surface area contributed by atoms with Crippen molar-refractivity contribution < 1.29 is 32.6 Å². The molecule has 1 fully saturated rings. The molecule has 0 amide bonds. The highest BCUT2D eigenvalue weighted by molar-refractivity contribution is 5.91. The largest absolute Gasteiger partial charge is 0.481 e. The van der Waals surface area contributed by atoms with Gasteiger partial charge in [0.1, 0.15) is 12.2 Å². The van der Waals surface area contributed by atoms with Gasteiger partial charge in [-0.25, -0.2) is 4.79 Å². The minimum atomic E-state index is -4.96. The van der Waals surface area contributed by atoms with Crippen LogP contribution in [0.5, 0.6) is 0 Å². The molecule has 0 unspecified atom stereocenters. The van der Waals surface area contributed by atoms with Gasteiger partial charge < -0.3 is 15.6 Å². The Kier molecular flexibility index (Phi) is 5.28. The van der Waals surface area contributed by atoms with Crippen molar-refractivity contribution in [3.8, 4) is 0 Å². The fraction of sp³-hybridized carbons (Fsp3) is 0.375. The first-order valence-electron chi connectivity index (χ1n) is 7.19. The van der Waals surface area contributed by atoms with E-state index in [-0.39, 0.29) is 13.0 Å². The number of esters is 1. The number of alkyl halides is 3. The average molecular weight is 343 g/mol. The second-order valence-electron chi connectivity index (χ2n) is 5.54. The summed E-state index contributed by atoms with van der Waals surface area (Å²) in [6.07, 6.45) is -5.52. The Morgan fingerprint density at radius 1 is 1.25 bits per heavy atom. The van der Waals surface area contributed by atoms with Crippen LogP contribution < -0.4 is 5.73 Å². The molecule has 8 heteroatoms. The van der Waals surface area contributed by atoms with Gasteiger partial charge >= 0.3 is 18.1 Å². The molecular formula is C16H16F3NO4. The molecule has 0 aromatic heterocycles. The van der Waals surface area contributed by atoms with Crippen LogP contribution in [0.1, 0.15) is 18.4 Å². The zero-order valence-electron chi connectivity index (χ0n) is 12.5. The van der Waals surface area contributed by atoms with Crippen LogP contribution >= 0.6 is 0 Å².